The van der Waals surface area contributed by atoms with Crippen LogP contribution in [0.25, 0.3) is 5.69 Å². The molecule has 7 heteroatoms. The van der Waals surface area contributed by atoms with Gasteiger partial charge >= 0.3 is 0 Å². The Hall–Kier alpha value is -3.16. The smallest absolute Gasteiger partial charge is 0.170 e. The topological polar surface area (TPSA) is 42.3 Å². The molecule has 0 saturated carbocycles. The van der Waals surface area contributed by atoms with Crippen LogP contribution in [0.2, 0.25) is 0 Å². The second kappa shape index (κ2) is 9.84. The van der Waals surface area contributed by atoms with Crippen LogP contribution in [-0.4, -0.2) is 26.7 Å². The number of methoxy groups -OCH3 is 1. The number of nitrogens with one attached hydrogen (secondary N) is 1. The summed E-state index contributed by atoms with van der Waals surface area (Å²) in [5.41, 5.74) is 6.90. The Bertz CT molecular complexity index is 1340. The zero-order valence-electron chi connectivity index (χ0n) is 19.9. The number of nitrogens with zero attached hydrogens (tertiary/aromatic N) is 3. The Kier molecular flexibility index (Phi) is 6.62. The Morgan fingerprint density at radius 2 is 1.77 bits per heavy atom. The molecule has 0 bridgehead atoms. The van der Waals surface area contributed by atoms with Gasteiger partial charge in [0.1, 0.15) is 5.75 Å². The van der Waals surface area contributed by atoms with Crippen molar-refractivity contribution in [1.82, 2.24) is 19.8 Å². The molecule has 3 heterocycles. The summed E-state index contributed by atoms with van der Waals surface area (Å²) in [6, 6.07) is 24.9. The molecular weight excluding hydrogens is 520 g/mol. The summed E-state index contributed by atoms with van der Waals surface area (Å²) < 4.78 is 8.72. The van der Waals surface area contributed by atoms with Gasteiger partial charge in [-0.05, 0) is 91.8 Å². The number of aromatic nitrogens is 2. The number of halogens is 1. The van der Waals surface area contributed by atoms with E-state index in [1.807, 2.05) is 30.5 Å². The first-order valence-corrected chi connectivity index (χ1v) is 12.7. The monoisotopic (exact) mass is 546 g/mol. The maximum Gasteiger partial charge on any atom is 0.170 e. The molecule has 0 radical (unpaired) electrons. The highest BCUT2D eigenvalue weighted by atomic mass is 79.9. The predicted molar refractivity (Wildman–Crippen MR) is 147 cm³/mol. The second-order valence-electron chi connectivity index (χ2n) is 8.74. The van der Waals surface area contributed by atoms with Crippen LogP contribution in [-0.2, 0) is 6.54 Å². The van der Waals surface area contributed by atoms with Gasteiger partial charge < -0.3 is 19.5 Å². The highest BCUT2D eigenvalue weighted by Crippen LogP contribution is 2.42. The van der Waals surface area contributed by atoms with Crippen molar-refractivity contribution < 1.29 is 4.74 Å². The minimum Gasteiger partial charge on any atom is -0.497 e. The van der Waals surface area contributed by atoms with Gasteiger partial charge in [-0.3, -0.25) is 4.98 Å². The molecule has 0 amide bonds. The average molecular weight is 548 g/mol. The van der Waals surface area contributed by atoms with Crippen molar-refractivity contribution in [3.8, 4) is 11.4 Å². The molecular formula is C28H27BrN4OS. The predicted octanol–water partition coefficient (Wildman–Crippen LogP) is 6.43. The lowest BCUT2D eigenvalue weighted by Gasteiger charge is -2.28. The quantitative estimate of drug-likeness (QED) is 0.282. The standard InChI is InChI=1S/C28H27BrN4OS/c1-18-16-24(19(2)33(18)22-11-9-21(29)10-12-22)27-26(25-6-4-5-15-30-25)31-28(35)32(27)17-20-7-13-23(34-3)14-8-20/h4-16,26-27H,17H2,1-3H3,(H,31,35). The summed E-state index contributed by atoms with van der Waals surface area (Å²) in [4.78, 5) is 6.97. The molecule has 0 aliphatic carbocycles. The third kappa shape index (κ3) is 4.58. The van der Waals surface area contributed by atoms with E-state index in [2.05, 4.69) is 98.1 Å². The van der Waals surface area contributed by atoms with E-state index in [1.165, 1.54) is 22.5 Å². The van der Waals surface area contributed by atoms with Gasteiger partial charge in [-0.15, -0.1) is 0 Å². The molecule has 35 heavy (non-hydrogen) atoms. The first-order chi connectivity index (χ1) is 17.0. The van der Waals surface area contributed by atoms with E-state index < -0.39 is 0 Å². The van der Waals surface area contributed by atoms with Crippen LogP contribution in [0.5, 0.6) is 5.75 Å². The summed E-state index contributed by atoms with van der Waals surface area (Å²) in [6.45, 7) is 5.03. The number of hydrogen-bond donors (Lipinski definition) is 1. The Morgan fingerprint density at radius 1 is 1.03 bits per heavy atom. The van der Waals surface area contributed by atoms with Crippen molar-refractivity contribution in [2.24, 2.45) is 0 Å². The summed E-state index contributed by atoms with van der Waals surface area (Å²) in [5, 5.41) is 4.30. The van der Waals surface area contributed by atoms with Gasteiger partial charge in [-0.1, -0.05) is 34.1 Å². The molecule has 1 N–H and O–H groups in total. The number of pyridine rings is 1. The van der Waals surface area contributed by atoms with Gasteiger partial charge in [-0.25, -0.2) is 0 Å². The fourth-order valence-electron chi connectivity index (χ4n) is 4.92. The third-order valence-electron chi connectivity index (χ3n) is 6.58. The molecule has 1 aliphatic rings. The number of ether oxygens (including phenoxy) is 1. The highest BCUT2D eigenvalue weighted by Gasteiger charge is 2.41. The molecule has 2 aromatic heterocycles. The summed E-state index contributed by atoms with van der Waals surface area (Å²) in [6.07, 6.45) is 1.84. The molecule has 1 fully saturated rings. The molecule has 178 valence electrons. The summed E-state index contributed by atoms with van der Waals surface area (Å²) in [5.74, 6) is 0.844. The van der Waals surface area contributed by atoms with Crippen molar-refractivity contribution in [3.63, 3.8) is 0 Å². The number of hydrogen-bond acceptors (Lipinski definition) is 3. The maximum absolute atomic E-state index is 5.88. The fourth-order valence-corrected chi connectivity index (χ4v) is 5.49. The minimum absolute atomic E-state index is 0.00472. The highest BCUT2D eigenvalue weighted by molar-refractivity contribution is 9.10. The summed E-state index contributed by atoms with van der Waals surface area (Å²) in [7, 11) is 1.68. The lowest BCUT2D eigenvalue weighted by atomic mass is 9.96. The van der Waals surface area contributed by atoms with Gasteiger partial charge in [0.25, 0.3) is 0 Å². The molecule has 5 nitrogen and oxygen atoms in total. The van der Waals surface area contributed by atoms with E-state index in [1.54, 1.807) is 7.11 Å². The van der Waals surface area contributed by atoms with Gasteiger partial charge in [0.15, 0.2) is 5.11 Å². The lowest BCUT2D eigenvalue weighted by molar-refractivity contribution is 0.310. The largest absolute Gasteiger partial charge is 0.497 e. The normalized spacial score (nSPS) is 17.5. The molecule has 2 aromatic carbocycles. The first-order valence-electron chi connectivity index (χ1n) is 11.5. The van der Waals surface area contributed by atoms with Crippen molar-refractivity contribution in [1.29, 1.82) is 0 Å². The zero-order chi connectivity index (χ0) is 24.5. The van der Waals surface area contributed by atoms with Crippen molar-refractivity contribution in [3.05, 3.63) is 112 Å². The van der Waals surface area contributed by atoms with E-state index in [0.29, 0.717) is 6.54 Å². The van der Waals surface area contributed by atoms with E-state index >= 15 is 0 Å². The maximum atomic E-state index is 5.88. The van der Waals surface area contributed by atoms with Crippen LogP contribution in [0.3, 0.4) is 0 Å². The summed E-state index contributed by atoms with van der Waals surface area (Å²) >= 11 is 9.43. The van der Waals surface area contributed by atoms with Crippen LogP contribution in [0.1, 0.15) is 40.3 Å². The number of benzene rings is 2. The first kappa shape index (κ1) is 23.6. The minimum atomic E-state index is -0.0548. The lowest BCUT2D eigenvalue weighted by Crippen LogP contribution is -2.29. The number of thiocarbonyl (C=S) groups is 1. The van der Waals surface area contributed by atoms with Crippen LogP contribution in [0.4, 0.5) is 0 Å². The van der Waals surface area contributed by atoms with Crippen molar-refractivity contribution in [2.75, 3.05) is 7.11 Å². The molecule has 5 rings (SSSR count). The third-order valence-corrected chi connectivity index (χ3v) is 7.46. The Labute approximate surface area is 219 Å². The Balaban J connectivity index is 1.59. The molecule has 2 atom stereocenters. The SMILES string of the molecule is COc1ccc(CN2C(=S)NC(c3ccccn3)C2c2cc(C)n(-c3ccc(Br)cc3)c2C)cc1. The molecule has 0 spiro atoms. The van der Waals surface area contributed by atoms with Crippen LogP contribution < -0.4 is 10.1 Å². The van der Waals surface area contributed by atoms with Crippen molar-refractivity contribution >= 4 is 33.3 Å². The van der Waals surface area contributed by atoms with Crippen molar-refractivity contribution in [2.45, 2.75) is 32.5 Å². The van der Waals surface area contributed by atoms with E-state index in [9.17, 15) is 0 Å². The average Bonchev–Trinajstić information content (AvgIpc) is 3.35. The molecule has 2 unspecified atom stereocenters. The van der Waals surface area contributed by atoms with Crippen LogP contribution >= 0.6 is 28.1 Å². The molecule has 1 saturated heterocycles. The van der Waals surface area contributed by atoms with Gasteiger partial charge in [0, 0.05) is 34.3 Å². The van der Waals surface area contributed by atoms with Crippen LogP contribution in [0, 0.1) is 13.8 Å². The number of rotatable bonds is 6. The van der Waals surface area contributed by atoms with E-state index in [0.717, 1.165) is 26.7 Å². The van der Waals surface area contributed by atoms with E-state index in [-0.39, 0.29) is 12.1 Å². The van der Waals surface area contributed by atoms with Gasteiger partial charge in [-0.2, -0.15) is 0 Å². The van der Waals surface area contributed by atoms with E-state index in [4.69, 9.17) is 17.0 Å². The fraction of sp³-hybridized carbons (Fsp3) is 0.214. The molecule has 4 aromatic rings. The Morgan fingerprint density at radius 3 is 2.43 bits per heavy atom. The van der Waals surface area contributed by atoms with Gasteiger partial charge in [0.2, 0.25) is 0 Å². The van der Waals surface area contributed by atoms with Gasteiger partial charge in [0.05, 0.1) is 24.9 Å². The molecule has 1 aliphatic heterocycles. The number of aryl methyl sites for hydroxylation is 1. The second-order valence-corrected chi connectivity index (χ2v) is 10.0. The zero-order valence-corrected chi connectivity index (χ0v) is 22.3. The van der Waals surface area contributed by atoms with Crippen LogP contribution in [0.15, 0.2) is 83.5 Å².